The van der Waals surface area contributed by atoms with E-state index < -0.39 is 0 Å². The number of hydrogen-bond acceptors (Lipinski definition) is 2. The molecule has 0 bridgehead atoms. The van der Waals surface area contributed by atoms with Gasteiger partial charge in [-0.2, -0.15) is 0 Å². The van der Waals surface area contributed by atoms with Crippen LogP contribution in [0.3, 0.4) is 0 Å². The van der Waals surface area contributed by atoms with Gasteiger partial charge in [0, 0.05) is 20.2 Å². The molecule has 1 aromatic rings. The first-order valence-corrected chi connectivity index (χ1v) is 8.74. The molecule has 21 heavy (non-hydrogen) atoms. The lowest BCUT2D eigenvalue weighted by molar-refractivity contribution is 0.172. The molecule has 0 aliphatic carbocycles. The van der Waals surface area contributed by atoms with Gasteiger partial charge in [-0.25, -0.2) is 4.79 Å². The summed E-state index contributed by atoms with van der Waals surface area (Å²) in [6, 6.07) is 7.55. The second-order valence-corrected chi connectivity index (χ2v) is 7.73. The maximum absolute atomic E-state index is 11.4. The molecule has 118 valence electrons. The largest absolute Gasteiger partial charge is 0.414 e. The van der Waals surface area contributed by atoms with Crippen molar-refractivity contribution in [1.82, 2.24) is 9.38 Å². The second-order valence-electron chi connectivity index (χ2n) is 6.23. The number of rotatable bonds is 2. The van der Waals surface area contributed by atoms with Crippen molar-refractivity contribution in [2.75, 3.05) is 47.6 Å². The fourth-order valence-electron chi connectivity index (χ4n) is 1.78. The third-order valence-electron chi connectivity index (χ3n) is 3.12. The Morgan fingerprint density at radius 2 is 1.81 bits per heavy atom. The number of carbonyl (C=O) groups is 1. The van der Waals surface area contributed by atoms with Crippen molar-refractivity contribution in [1.29, 1.82) is 0 Å². The average Bonchev–Trinajstić information content (AvgIpc) is 2.97. The van der Waals surface area contributed by atoms with E-state index in [1.54, 1.807) is 20.2 Å². The average molecular weight is 311 g/mol. The molecule has 1 heterocycles. The van der Waals surface area contributed by atoms with E-state index >= 15 is 0 Å². The first-order chi connectivity index (χ1) is 9.80. The summed E-state index contributed by atoms with van der Waals surface area (Å²) >= 11 is 0. The molecule has 0 atom stereocenters. The van der Waals surface area contributed by atoms with E-state index in [0.29, 0.717) is 10.2 Å². The molecular formula is C16H28N2O2P+. The van der Waals surface area contributed by atoms with E-state index in [4.69, 9.17) is 4.74 Å². The van der Waals surface area contributed by atoms with Gasteiger partial charge in [0.2, 0.25) is 0 Å². The summed E-state index contributed by atoms with van der Waals surface area (Å²) in [4.78, 5) is 12.8. The molecule has 5 heteroatoms. The zero-order chi connectivity index (χ0) is 15.9. The van der Waals surface area contributed by atoms with Gasteiger partial charge in [0.15, 0.2) is 0 Å². The summed E-state index contributed by atoms with van der Waals surface area (Å²) in [5, 5.41) is 0. The monoisotopic (exact) mass is 311 g/mol. The minimum atomic E-state index is -0.362. The molecule has 0 spiro atoms. The summed E-state index contributed by atoms with van der Waals surface area (Å²) in [5.41, 5.74) is 1.09. The molecule has 0 saturated carbocycles. The maximum Gasteiger partial charge on any atom is 0.414 e. The van der Waals surface area contributed by atoms with Crippen LogP contribution in [0.4, 0.5) is 10.5 Å². The van der Waals surface area contributed by atoms with Crippen LogP contribution in [0, 0.1) is 0 Å². The van der Waals surface area contributed by atoms with E-state index in [0.717, 1.165) is 5.69 Å². The SMILES string of the molecule is C1CCPC1.CN(C)C(=O)Oc1cccc([N+](C)(C)C)c1. The quantitative estimate of drug-likeness (QED) is 0.619. The topological polar surface area (TPSA) is 29.5 Å². The first-order valence-electron chi connectivity index (χ1n) is 7.32. The Hall–Kier alpha value is -1.12. The number of quaternary nitrogens is 1. The number of carbonyl (C=O) groups excluding carboxylic acids is 1. The van der Waals surface area contributed by atoms with Gasteiger partial charge in [0.05, 0.1) is 21.1 Å². The van der Waals surface area contributed by atoms with Gasteiger partial charge in [0.25, 0.3) is 0 Å². The number of hydrogen-bond donors (Lipinski definition) is 0. The lowest BCUT2D eigenvalue weighted by Gasteiger charge is -2.23. The van der Waals surface area contributed by atoms with Crippen LogP contribution in [0.2, 0.25) is 0 Å². The molecule has 0 radical (unpaired) electrons. The third-order valence-corrected chi connectivity index (χ3v) is 4.53. The highest BCUT2D eigenvalue weighted by molar-refractivity contribution is 7.38. The molecule has 2 rings (SSSR count). The summed E-state index contributed by atoms with van der Waals surface area (Å²) in [6.45, 7) is 0. The number of nitrogens with zero attached hydrogens (tertiary/aromatic N) is 2. The van der Waals surface area contributed by atoms with Crippen molar-refractivity contribution < 1.29 is 9.53 Å². The molecule has 0 N–H and O–H groups in total. The molecule has 1 fully saturated rings. The van der Waals surface area contributed by atoms with Gasteiger partial charge in [-0.3, -0.25) is 4.48 Å². The van der Waals surface area contributed by atoms with E-state index in [-0.39, 0.29) is 6.09 Å². The molecule has 4 nitrogen and oxygen atoms in total. The predicted octanol–water partition coefficient (Wildman–Crippen LogP) is 3.40. The number of amides is 1. The Labute approximate surface area is 130 Å². The van der Waals surface area contributed by atoms with E-state index in [1.165, 1.54) is 38.6 Å². The van der Waals surface area contributed by atoms with Crippen molar-refractivity contribution in [3.63, 3.8) is 0 Å². The Morgan fingerprint density at radius 1 is 1.19 bits per heavy atom. The highest BCUT2D eigenvalue weighted by Crippen LogP contribution is 2.23. The lowest BCUT2D eigenvalue weighted by Crippen LogP contribution is -2.34. The Kier molecular flexibility index (Phi) is 7.13. The normalized spacial score (nSPS) is 14.1. The summed E-state index contributed by atoms with van der Waals surface area (Å²) < 4.78 is 5.88. The van der Waals surface area contributed by atoms with Gasteiger partial charge in [0.1, 0.15) is 11.4 Å². The van der Waals surface area contributed by atoms with Crippen molar-refractivity contribution in [2.45, 2.75) is 12.8 Å². The standard InChI is InChI=1S/C12H19N2O2.C4H9P/c1-13(2)12(15)16-11-8-6-7-10(9-11)14(3,4)5;1-2-4-5-3-1/h6-9H,1-5H3;5H,1-4H2/q+1;. The fourth-order valence-corrected chi connectivity index (χ4v) is 3.03. The summed E-state index contributed by atoms with van der Waals surface area (Å²) in [6.07, 6.45) is 5.72. The van der Waals surface area contributed by atoms with Crippen LogP contribution in [0.5, 0.6) is 5.75 Å². The van der Waals surface area contributed by atoms with E-state index in [9.17, 15) is 4.79 Å². The van der Waals surface area contributed by atoms with Gasteiger partial charge in [-0.1, -0.05) is 6.07 Å². The Morgan fingerprint density at radius 3 is 2.24 bits per heavy atom. The van der Waals surface area contributed by atoms with Crippen molar-refractivity contribution in [2.24, 2.45) is 0 Å². The van der Waals surface area contributed by atoms with E-state index in [1.807, 2.05) is 18.2 Å². The van der Waals surface area contributed by atoms with Crippen molar-refractivity contribution in [3.05, 3.63) is 24.3 Å². The second kappa shape index (κ2) is 8.35. The smallest absolute Gasteiger partial charge is 0.410 e. The van der Waals surface area contributed by atoms with Gasteiger partial charge < -0.3 is 9.64 Å². The molecular weight excluding hydrogens is 283 g/mol. The minimum Gasteiger partial charge on any atom is -0.410 e. The zero-order valence-electron chi connectivity index (χ0n) is 13.8. The molecule has 1 saturated heterocycles. The number of ether oxygens (including phenoxy) is 1. The van der Waals surface area contributed by atoms with Crippen LogP contribution in [0.1, 0.15) is 12.8 Å². The molecule has 1 aliphatic rings. The van der Waals surface area contributed by atoms with Crippen LogP contribution < -0.4 is 9.22 Å². The first kappa shape index (κ1) is 17.9. The van der Waals surface area contributed by atoms with Crippen LogP contribution in [-0.4, -0.2) is 58.6 Å². The Balaban J connectivity index is 0.000000369. The van der Waals surface area contributed by atoms with Crippen molar-refractivity contribution >= 4 is 20.4 Å². The summed E-state index contributed by atoms with van der Waals surface area (Å²) in [5.74, 6) is 0.573. The highest BCUT2D eigenvalue weighted by atomic mass is 31.1. The molecule has 1 aliphatic heterocycles. The van der Waals surface area contributed by atoms with Crippen molar-refractivity contribution in [3.8, 4) is 5.75 Å². The molecule has 1 amide bonds. The zero-order valence-corrected chi connectivity index (χ0v) is 14.8. The molecule has 1 aromatic carbocycles. The van der Waals surface area contributed by atoms with Crippen LogP contribution >= 0.6 is 8.58 Å². The highest BCUT2D eigenvalue weighted by Gasteiger charge is 2.14. The number of benzene rings is 1. The predicted molar refractivity (Wildman–Crippen MR) is 93.0 cm³/mol. The van der Waals surface area contributed by atoms with Gasteiger partial charge >= 0.3 is 6.09 Å². The van der Waals surface area contributed by atoms with Gasteiger partial charge in [-0.15, -0.1) is 8.58 Å². The molecule has 0 aromatic heterocycles. The van der Waals surface area contributed by atoms with Crippen LogP contribution in [-0.2, 0) is 0 Å². The third kappa shape index (κ3) is 6.92. The summed E-state index contributed by atoms with van der Waals surface area (Å²) in [7, 11) is 10.8. The fraction of sp³-hybridized carbons (Fsp3) is 0.562. The van der Waals surface area contributed by atoms with Crippen LogP contribution in [0.15, 0.2) is 24.3 Å². The van der Waals surface area contributed by atoms with E-state index in [2.05, 4.69) is 21.1 Å². The minimum absolute atomic E-state index is 0.362. The molecule has 0 unspecified atom stereocenters. The van der Waals surface area contributed by atoms with Gasteiger partial charge in [-0.05, 0) is 37.3 Å². The maximum atomic E-state index is 11.4. The van der Waals surface area contributed by atoms with Crippen LogP contribution in [0.25, 0.3) is 0 Å². The Bertz CT molecular complexity index is 444. The lowest BCUT2D eigenvalue weighted by atomic mass is 10.2.